The van der Waals surface area contributed by atoms with Gasteiger partial charge in [-0.15, -0.1) is 0 Å². The summed E-state index contributed by atoms with van der Waals surface area (Å²) in [5.74, 6) is 0. The molecule has 0 unspecified atom stereocenters. The van der Waals surface area contributed by atoms with Crippen LogP contribution in [0.4, 0.5) is 0 Å². The molecule has 1 aliphatic rings. The predicted octanol–water partition coefficient (Wildman–Crippen LogP) is 1.66. The van der Waals surface area contributed by atoms with Crippen molar-refractivity contribution in [1.82, 2.24) is 4.98 Å². The summed E-state index contributed by atoms with van der Waals surface area (Å²) in [4.78, 5) is 15.2. The molecule has 1 N–H and O–H groups in total. The first-order chi connectivity index (χ1) is 5.09. The third-order valence-electron chi connectivity index (χ3n) is 2.38. The Hall–Kier alpha value is -0.570. The molecule has 1 aromatic rings. The molecule has 0 saturated carbocycles. The van der Waals surface area contributed by atoms with Crippen LogP contribution >= 0.6 is 11.3 Å². The van der Waals surface area contributed by atoms with Crippen LogP contribution < -0.4 is 4.87 Å². The zero-order chi connectivity index (χ0) is 8.06. The Bertz CT molecular complexity index is 334. The molecule has 0 spiro atoms. The second kappa shape index (κ2) is 1.97. The highest BCUT2D eigenvalue weighted by Crippen LogP contribution is 2.37. The zero-order valence-corrected chi connectivity index (χ0v) is 7.55. The van der Waals surface area contributed by atoms with E-state index >= 15 is 0 Å². The third-order valence-corrected chi connectivity index (χ3v) is 3.32. The summed E-state index contributed by atoms with van der Waals surface area (Å²) in [6.07, 6.45) is 2.25. The highest BCUT2D eigenvalue weighted by atomic mass is 32.1. The summed E-state index contributed by atoms with van der Waals surface area (Å²) in [7, 11) is 0. The third kappa shape index (κ3) is 0.948. The molecular formula is C8H11NOS. The second-order valence-corrected chi connectivity index (χ2v) is 4.76. The Labute approximate surface area is 69.3 Å². The van der Waals surface area contributed by atoms with Crippen molar-refractivity contribution in [3.63, 3.8) is 0 Å². The number of aromatic amines is 1. The van der Waals surface area contributed by atoms with Crippen molar-refractivity contribution in [3.05, 3.63) is 20.2 Å². The lowest BCUT2D eigenvalue weighted by atomic mass is 9.91. The Kier molecular flexibility index (Phi) is 1.27. The number of rotatable bonds is 0. The van der Waals surface area contributed by atoms with Crippen molar-refractivity contribution >= 4 is 11.3 Å². The maximum absolute atomic E-state index is 11.0. The number of H-pyrrole nitrogens is 1. The molecule has 1 aromatic heterocycles. The minimum absolute atomic E-state index is 0.0998. The van der Waals surface area contributed by atoms with Crippen molar-refractivity contribution in [3.8, 4) is 0 Å². The molecule has 0 atom stereocenters. The molecule has 2 rings (SSSR count). The molecular weight excluding hydrogens is 158 g/mol. The van der Waals surface area contributed by atoms with Gasteiger partial charge in [-0.1, -0.05) is 25.2 Å². The van der Waals surface area contributed by atoms with Crippen molar-refractivity contribution in [2.24, 2.45) is 0 Å². The minimum Gasteiger partial charge on any atom is -0.316 e. The van der Waals surface area contributed by atoms with Crippen LogP contribution in [0.3, 0.4) is 0 Å². The van der Waals surface area contributed by atoms with Gasteiger partial charge in [0, 0.05) is 16.0 Å². The number of hydrogen-bond acceptors (Lipinski definition) is 2. The summed E-state index contributed by atoms with van der Waals surface area (Å²) < 4.78 is 0. The SMILES string of the molecule is CC1(C)CCc2sc(=O)[nH]c21. The Balaban J connectivity index is 2.62. The van der Waals surface area contributed by atoms with Gasteiger partial charge < -0.3 is 4.98 Å². The van der Waals surface area contributed by atoms with Gasteiger partial charge in [0.2, 0.25) is 0 Å². The molecule has 0 fully saturated rings. The quantitative estimate of drug-likeness (QED) is 0.629. The van der Waals surface area contributed by atoms with Gasteiger partial charge in [-0.2, -0.15) is 0 Å². The molecule has 1 heterocycles. The number of aryl methyl sites for hydroxylation is 1. The van der Waals surface area contributed by atoms with Crippen molar-refractivity contribution in [1.29, 1.82) is 0 Å². The summed E-state index contributed by atoms with van der Waals surface area (Å²) in [5.41, 5.74) is 1.38. The van der Waals surface area contributed by atoms with Crippen molar-refractivity contribution in [2.75, 3.05) is 0 Å². The van der Waals surface area contributed by atoms with Crippen molar-refractivity contribution < 1.29 is 0 Å². The fraction of sp³-hybridized carbons (Fsp3) is 0.625. The molecule has 0 radical (unpaired) electrons. The second-order valence-electron chi connectivity index (χ2n) is 3.70. The van der Waals surface area contributed by atoms with Crippen LogP contribution in [-0.2, 0) is 11.8 Å². The number of nitrogens with one attached hydrogen (secondary N) is 1. The van der Waals surface area contributed by atoms with Crippen LogP contribution in [0, 0.1) is 0 Å². The lowest BCUT2D eigenvalue weighted by molar-refractivity contribution is 0.509. The molecule has 11 heavy (non-hydrogen) atoms. The largest absolute Gasteiger partial charge is 0.316 e. The Morgan fingerprint density at radius 3 is 2.91 bits per heavy atom. The van der Waals surface area contributed by atoms with Gasteiger partial charge in [0.25, 0.3) is 0 Å². The molecule has 3 heteroatoms. The first-order valence-corrected chi connectivity index (χ1v) is 4.64. The molecule has 2 nitrogen and oxygen atoms in total. The summed E-state index contributed by atoms with van der Waals surface area (Å²) in [6.45, 7) is 4.36. The van der Waals surface area contributed by atoms with Gasteiger partial charge in [0.15, 0.2) is 0 Å². The number of fused-ring (bicyclic) bond motifs is 1. The lowest BCUT2D eigenvalue weighted by Gasteiger charge is -2.15. The maximum atomic E-state index is 11.0. The van der Waals surface area contributed by atoms with Crippen LogP contribution in [0.2, 0.25) is 0 Å². The highest BCUT2D eigenvalue weighted by molar-refractivity contribution is 7.09. The fourth-order valence-corrected chi connectivity index (χ4v) is 2.64. The van der Waals surface area contributed by atoms with Crippen LogP contribution in [0.5, 0.6) is 0 Å². The zero-order valence-electron chi connectivity index (χ0n) is 6.73. The molecule has 0 amide bonds. The first kappa shape index (κ1) is 7.10. The van der Waals surface area contributed by atoms with E-state index in [1.807, 2.05) is 0 Å². The van der Waals surface area contributed by atoms with E-state index in [1.165, 1.54) is 28.3 Å². The first-order valence-electron chi connectivity index (χ1n) is 3.82. The number of thiazole rings is 1. The molecule has 0 aliphatic heterocycles. The van der Waals surface area contributed by atoms with E-state index in [1.54, 1.807) is 0 Å². The van der Waals surface area contributed by atoms with Gasteiger partial charge in [-0.25, -0.2) is 0 Å². The Morgan fingerprint density at radius 2 is 2.27 bits per heavy atom. The smallest absolute Gasteiger partial charge is 0.304 e. The molecule has 0 bridgehead atoms. The van der Waals surface area contributed by atoms with Crippen molar-refractivity contribution in [2.45, 2.75) is 32.1 Å². The Morgan fingerprint density at radius 1 is 1.55 bits per heavy atom. The minimum atomic E-state index is 0.0998. The normalized spacial score (nSPS) is 20.2. The summed E-state index contributed by atoms with van der Waals surface area (Å²) in [5, 5.41) is 0. The van der Waals surface area contributed by atoms with Crippen LogP contribution in [0.25, 0.3) is 0 Å². The predicted molar refractivity (Wildman–Crippen MR) is 46.3 cm³/mol. The van der Waals surface area contributed by atoms with Crippen LogP contribution in [-0.4, -0.2) is 4.98 Å². The number of aromatic nitrogens is 1. The standard InChI is InChI=1S/C8H11NOS/c1-8(2)4-3-5-6(8)9-7(10)11-5/h3-4H2,1-2H3,(H,9,10). The molecule has 1 aliphatic carbocycles. The van der Waals surface area contributed by atoms with E-state index < -0.39 is 0 Å². The maximum Gasteiger partial charge on any atom is 0.304 e. The summed E-state index contributed by atoms with van der Waals surface area (Å²) >= 11 is 1.37. The average molecular weight is 169 g/mol. The average Bonchev–Trinajstić information content (AvgIpc) is 2.35. The summed E-state index contributed by atoms with van der Waals surface area (Å²) in [6, 6.07) is 0. The molecule has 0 aromatic carbocycles. The van der Waals surface area contributed by atoms with Crippen LogP contribution in [0.1, 0.15) is 30.8 Å². The van der Waals surface area contributed by atoms with Gasteiger partial charge in [-0.3, -0.25) is 4.79 Å². The van der Waals surface area contributed by atoms with E-state index in [2.05, 4.69) is 18.8 Å². The van der Waals surface area contributed by atoms with Gasteiger partial charge in [0.05, 0.1) is 0 Å². The lowest BCUT2D eigenvalue weighted by Crippen LogP contribution is -2.14. The van der Waals surface area contributed by atoms with E-state index in [9.17, 15) is 4.79 Å². The van der Waals surface area contributed by atoms with E-state index in [-0.39, 0.29) is 10.3 Å². The van der Waals surface area contributed by atoms with Gasteiger partial charge in [-0.05, 0) is 12.8 Å². The fourth-order valence-electron chi connectivity index (χ4n) is 1.63. The highest BCUT2D eigenvalue weighted by Gasteiger charge is 2.32. The topological polar surface area (TPSA) is 32.9 Å². The van der Waals surface area contributed by atoms with Gasteiger partial charge in [0.1, 0.15) is 0 Å². The molecule has 0 saturated heterocycles. The van der Waals surface area contributed by atoms with E-state index in [4.69, 9.17) is 0 Å². The number of hydrogen-bond donors (Lipinski definition) is 1. The van der Waals surface area contributed by atoms with E-state index in [0.29, 0.717) is 0 Å². The van der Waals surface area contributed by atoms with Crippen LogP contribution in [0.15, 0.2) is 4.79 Å². The van der Waals surface area contributed by atoms with Gasteiger partial charge >= 0.3 is 4.87 Å². The molecule has 60 valence electrons. The van der Waals surface area contributed by atoms with E-state index in [0.717, 1.165) is 6.42 Å². The monoisotopic (exact) mass is 169 g/mol.